The number of nitrogen functional groups attached to an aromatic ring is 1. The molecule has 0 bridgehead atoms. The number of aryl methyl sites for hydroxylation is 1. The van der Waals surface area contributed by atoms with Crippen LogP contribution in [0.1, 0.15) is 18.2 Å². The third kappa shape index (κ3) is 2.77. The predicted molar refractivity (Wildman–Crippen MR) is 71.2 cm³/mol. The molecule has 18 heavy (non-hydrogen) atoms. The molecule has 3 N–H and O–H groups in total. The van der Waals surface area contributed by atoms with Gasteiger partial charge in [-0.1, -0.05) is 6.92 Å². The molecule has 2 aromatic heterocycles. The quantitative estimate of drug-likeness (QED) is 0.822. The van der Waals surface area contributed by atoms with E-state index in [1.807, 2.05) is 26.2 Å². The molecule has 0 spiro atoms. The Balaban J connectivity index is 1.96. The number of aromatic nitrogens is 4. The molecule has 0 saturated carbocycles. The van der Waals surface area contributed by atoms with Gasteiger partial charge >= 0.3 is 0 Å². The maximum Gasteiger partial charge on any atom is 0.134 e. The summed E-state index contributed by atoms with van der Waals surface area (Å²) in [4.78, 5) is 8.21. The zero-order valence-electron chi connectivity index (χ0n) is 10.7. The summed E-state index contributed by atoms with van der Waals surface area (Å²) in [5.41, 5.74) is 7.84. The summed E-state index contributed by atoms with van der Waals surface area (Å²) in [6.45, 7) is 2.82. The van der Waals surface area contributed by atoms with E-state index in [0.29, 0.717) is 5.82 Å². The lowest BCUT2D eigenvalue weighted by molar-refractivity contribution is 0.741. The summed E-state index contributed by atoms with van der Waals surface area (Å²) in [5.74, 6) is 1.37. The van der Waals surface area contributed by atoms with E-state index >= 15 is 0 Å². The third-order valence-electron chi connectivity index (χ3n) is 2.77. The van der Waals surface area contributed by atoms with Crippen LogP contribution in [-0.2, 0) is 19.9 Å². The summed E-state index contributed by atoms with van der Waals surface area (Å²) in [7, 11) is 1.91. The van der Waals surface area contributed by atoms with Crippen molar-refractivity contribution >= 4 is 11.6 Å². The zero-order chi connectivity index (χ0) is 13.0. The van der Waals surface area contributed by atoms with Gasteiger partial charge in [-0.25, -0.2) is 9.97 Å². The number of hydrogen-bond donors (Lipinski definition) is 2. The van der Waals surface area contributed by atoms with Crippen LogP contribution in [0.4, 0.5) is 11.6 Å². The normalized spacial score (nSPS) is 10.6. The van der Waals surface area contributed by atoms with Gasteiger partial charge in [0.05, 0.1) is 5.69 Å². The minimum Gasteiger partial charge on any atom is -0.383 e. The van der Waals surface area contributed by atoms with Crippen LogP contribution in [0.2, 0.25) is 0 Å². The van der Waals surface area contributed by atoms with E-state index in [0.717, 1.165) is 36.5 Å². The lowest BCUT2D eigenvalue weighted by Gasteiger charge is -2.10. The van der Waals surface area contributed by atoms with Crippen LogP contribution in [0.25, 0.3) is 0 Å². The molecule has 6 heteroatoms. The fourth-order valence-corrected chi connectivity index (χ4v) is 1.83. The molecule has 2 aromatic rings. The van der Waals surface area contributed by atoms with Gasteiger partial charge in [-0.2, -0.15) is 5.10 Å². The van der Waals surface area contributed by atoms with Crippen LogP contribution in [-0.4, -0.2) is 26.3 Å². The van der Waals surface area contributed by atoms with Gasteiger partial charge in [-0.3, -0.25) is 4.68 Å². The van der Waals surface area contributed by atoms with Crippen molar-refractivity contribution in [2.45, 2.75) is 19.8 Å². The van der Waals surface area contributed by atoms with Crippen LogP contribution in [0.15, 0.2) is 18.6 Å². The Morgan fingerprint density at radius 2 is 2.22 bits per heavy atom. The summed E-state index contributed by atoms with van der Waals surface area (Å²) in [5, 5.41) is 7.60. The van der Waals surface area contributed by atoms with E-state index in [4.69, 9.17) is 5.73 Å². The lowest BCUT2D eigenvalue weighted by atomic mass is 10.2. The Kier molecular flexibility index (Phi) is 3.76. The van der Waals surface area contributed by atoms with Crippen molar-refractivity contribution in [1.29, 1.82) is 0 Å². The average Bonchev–Trinajstić information content (AvgIpc) is 2.75. The molecule has 0 aliphatic rings. The van der Waals surface area contributed by atoms with Crippen molar-refractivity contribution in [3.05, 3.63) is 29.8 Å². The van der Waals surface area contributed by atoms with E-state index in [1.54, 1.807) is 4.68 Å². The highest BCUT2D eigenvalue weighted by Crippen LogP contribution is 2.17. The fourth-order valence-electron chi connectivity index (χ4n) is 1.83. The Morgan fingerprint density at radius 1 is 1.39 bits per heavy atom. The van der Waals surface area contributed by atoms with Crippen LogP contribution < -0.4 is 11.1 Å². The number of anilines is 2. The Bertz CT molecular complexity index is 519. The molecule has 0 radical (unpaired) electrons. The smallest absolute Gasteiger partial charge is 0.134 e. The number of nitrogens with one attached hydrogen (secondary N) is 1. The summed E-state index contributed by atoms with van der Waals surface area (Å²) in [6, 6.07) is 2.01. The van der Waals surface area contributed by atoms with Crippen molar-refractivity contribution in [3.8, 4) is 0 Å². The van der Waals surface area contributed by atoms with E-state index in [-0.39, 0.29) is 0 Å². The molecule has 0 aromatic carbocycles. The molecular formula is C12H18N6. The van der Waals surface area contributed by atoms with Crippen LogP contribution in [0, 0.1) is 0 Å². The van der Waals surface area contributed by atoms with Crippen LogP contribution >= 0.6 is 0 Å². The van der Waals surface area contributed by atoms with Gasteiger partial charge in [0.2, 0.25) is 0 Å². The Morgan fingerprint density at radius 3 is 2.89 bits per heavy atom. The number of hydrogen-bond acceptors (Lipinski definition) is 5. The summed E-state index contributed by atoms with van der Waals surface area (Å²) in [6.07, 6.45) is 5.10. The topological polar surface area (TPSA) is 81.6 Å². The molecule has 0 saturated heterocycles. The summed E-state index contributed by atoms with van der Waals surface area (Å²) >= 11 is 0. The maximum absolute atomic E-state index is 5.81. The molecular weight excluding hydrogens is 228 g/mol. The minimum atomic E-state index is 0.549. The second-order valence-corrected chi connectivity index (χ2v) is 4.10. The first kappa shape index (κ1) is 12.3. The van der Waals surface area contributed by atoms with Gasteiger partial charge in [-0.15, -0.1) is 0 Å². The van der Waals surface area contributed by atoms with Crippen molar-refractivity contribution in [2.24, 2.45) is 7.05 Å². The van der Waals surface area contributed by atoms with Crippen molar-refractivity contribution < 1.29 is 0 Å². The number of rotatable bonds is 5. The standard InChI is InChI=1S/C12H18N6/c1-3-10-11(13)15-8-16-12(10)14-6-4-9-5-7-18(2)17-9/h5,7-8H,3-4,6H2,1-2H3,(H3,13,14,15,16). The third-order valence-corrected chi connectivity index (χ3v) is 2.77. The number of nitrogens with two attached hydrogens (primary N) is 1. The molecule has 2 heterocycles. The largest absolute Gasteiger partial charge is 0.383 e. The Labute approximate surface area is 106 Å². The van der Waals surface area contributed by atoms with Gasteiger partial charge in [-0.05, 0) is 12.5 Å². The SMILES string of the molecule is CCc1c(N)ncnc1NCCc1ccn(C)n1. The van der Waals surface area contributed by atoms with Gasteiger partial charge in [0.15, 0.2) is 0 Å². The molecule has 96 valence electrons. The second kappa shape index (κ2) is 5.48. The first-order valence-electron chi connectivity index (χ1n) is 6.02. The second-order valence-electron chi connectivity index (χ2n) is 4.10. The Hall–Kier alpha value is -2.11. The highest BCUT2D eigenvalue weighted by molar-refractivity contribution is 5.54. The van der Waals surface area contributed by atoms with Crippen molar-refractivity contribution in [2.75, 3.05) is 17.6 Å². The van der Waals surface area contributed by atoms with E-state index < -0.39 is 0 Å². The molecule has 6 nitrogen and oxygen atoms in total. The highest BCUT2D eigenvalue weighted by atomic mass is 15.2. The summed E-state index contributed by atoms with van der Waals surface area (Å²) < 4.78 is 1.80. The molecule has 0 aliphatic carbocycles. The molecule has 0 unspecified atom stereocenters. The van der Waals surface area contributed by atoms with Crippen LogP contribution in [0.5, 0.6) is 0 Å². The van der Waals surface area contributed by atoms with E-state index in [9.17, 15) is 0 Å². The maximum atomic E-state index is 5.81. The molecule has 0 amide bonds. The fraction of sp³-hybridized carbons (Fsp3) is 0.417. The monoisotopic (exact) mass is 246 g/mol. The van der Waals surface area contributed by atoms with Crippen molar-refractivity contribution in [3.63, 3.8) is 0 Å². The number of nitrogens with zero attached hydrogens (tertiary/aromatic N) is 4. The van der Waals surface area contributed by atoms with Gasteiger partial charge in [0.25, 0.3) is 0 Å². The minimum absolute atomic E-state index is 0.549. The van der Waals surface area contributed by atoms with Gasteiger partial charge in [0, 0.05) is 31.8 Å². The van der Waals surface area contributed by atoms with Gasteiger partial charge < -0.3 is 11.1 Å². The van der Waals surface area contributed by atoms with Crippen LogP contribution in [0.3, 0.4) is 0 Å². The molecule has 2 rings (SSSR count). The average molecular weight is 246 g/mol. The van der Waals surface area contributed by atoms with E-state index in [1.165, 1.54) is 6.33 Å². The van der Waals surface area contributed by atoms with Gasteiger partial charge in [0.1, 0.15) is 18.0 Å². The molecule has 0 fully saturated rings. The predicted octanol–water partition coefficient (Wildman–Crippen LogP) is 1.01. The van der Waals surface area contributed by atoms with E-state index in [2.05, 4.69) is 20.4 Å². The first-order chi connectivity index (χ1) is 8.70. The molecule has 0 atom stereocenters. The zero-order valence-corrected chi connectivity index (χ0v) is 10.7. The highest BCUT2D eigenvalue weighted by Gasteiger charge is 2.06. The first-order valence-corrected chi connectivity index (χ1v) is 6.02. The van der Waals surface area contributed by atoms with Crippen molar-refractivity contribution in [1.82, 2.24) is 19.7 Å². The lowest BCUT2D eigenvalue weighted by Crippen LogP contribution is -2.11. The molecule has 0 aliphatic heterocycles.